The summed E-state index contributed by atoms with van der Waals surface area (Å²) < 4.78 is -0.729. The number of rotatable bonds is 8. The summed E-state index contributed by atoms with van der Waals surface area (Å²) in [5.41, 5.74) is 0.660. The Bertz CT molecular complexity index is 1190. The first-order valence-electron chi connectivity index (χ1n) is 12.7. The van der Waals surface area contributed by atoms with E-state index in [1.54, 1.807) is 16.7 Å². The van der Waals surface area contributed by atoms with Crippen LogP contribution >= 0.6 is 27.7 Å². The fraction of sp³-hybridized carbons (Fsp3) is 0.519. The normalized spacial score (nSPS) is 31.5. The zero-order chi connectivity index (χ0) is 25.6. The van der Waals surface area contributed by atoms with Gasteiger partial charge in [0.2, 0.25) is 17.7 Å². The second-order valence-corrected chi connectivity index (χ2v) is 12.7. The molecule has 7 nitrogen and oxygen atoms in total. The maximum atomic E-state index is 14.0. The lowest BCUT2D eigenvalue weighted by Crippen LogP contribution is -2.55. The van der Waals surface area contributed by atoms with Crippen molar-refractivity contribution in [2.45, 2.75) is 60.0 Å². The molecule has 3 aliphatic rings. The number of likely N-dealkylation sites (tertiary alicyclic amines) is 1. The molecule has 0 aliphatic carbocycles. The van der Waals surface area contributed by atoms with Crippen LogP contribution in [0.1, 0.15) is 33.1 Å². The number of thioether (sulfide) groups is 1. The Hall–Kier alpha value is -2.10. The molecule has 5 rings (SSSR count). The molecule has 2 aromatic carbocycles. The van der Waals surface area contributed by atoms with Crippen LogP contribution < -0.4 is 10.6 Å². The van der Waals surface area contributed by atoms with E-state index in [1.807, 2.05) is 56.3 Å². The van der Waals surface area contributed by atoms with Gasteiger partial charge in [0.25, 0.3) is 0 Å². The summed E-state index contributed by atoms with van der Waals surface area (Å²) >= 11 is 5.38. The summed E-state index contributed by atoms with van der Waals surface area (Å²) in [5.74, 6) is -1.68. The predicted octanol–water partition coefficient (Wildman–Crippen LogP) is 3.54. The zero-order valence-corrected chi connectivity index (χ0v) is 22.8. The van der Waals surface area contributed by atoms with Crippen molar-refractivity contribution in [2.24, 2.45) is 11.8 Å². The number of amides is 3. The van der Waals surface area contributed by atoms with Crippen molar-refractivity contribution in [2.75, 3.05) is 18.5 Å². The molecule has 3 saturated heterocycles. The average molecular weight is 575 g/mol. The Morgan fingerprint density at radius 3 is 2.64 bits per heavy atom. The number of nitrogens with zero attached hydrogens (tertiary/aromatic N) is 1. The van der Waals surface area contributed by atoms with Gasteiger partial charge in [0, 0.05) is 22.3 Å². The third-order valence-electron chi connectivity index (χ3n) is 7.92. The minimum atomic E-state index is -0.780. The highest BCUT2D eigenvalue weighted by Gasteiger charge is 2.76. The molecule has 3 fully saturated rings. The van der Waals surface area contributed by atoms with E-state index in [0.29, 0.717) is 25.1 Å². The van der Waals surface area contributed by atoms with Gasteiger partial charge in [-0.25, -0.2) is 0 Å². The second-order valence-electron chi connectivity index (χ2n) is 10.00. The van der Waals surface area contributed by atoms with Crippen LogP contribution in [0, 0.1) is 11.8 Å². The Morgan fingerprint density at radius 2 is 1.94 bits per heavy atom. The van der Waals surface area contributed by atoms with Gasteiger partial charge < -0.3 is 20.6 Å². The molecule has 7 atom stereocenters. The lowest BCUT2D eigenvalue weighted by atomic mass is 9.70. The summed E-state index contributed by atoms with van der Waals surface area (Å²) in [4.78, 5) is 42.9. The third-order valence-corrected chi connectivity index (χ3v) is 11.1. The number of carbonyl (C=O) groups excluding carboxylic acids is 3. The van der Waals surface area contributed by atoms with Gasteiger partial charge in [0.15, 0.2) is 0 Å². The fourth-order valence-corrected chi connectivity index (χ4v) is 9.92. The van der Waals surface area contributed by atoms with Crippen molar-refractivity contribution in [1.29, 1.82) is 0 Å². The van der Waals surface area contributed by atoms with Gasteiger partial charge in [0.1, 0.15) is 6.04 Å². The lowest BCUT2D eigenvalue weighted by molar-refractivity contribution is -0.142. The van der Waals surface area contributed by atoms with Crippen LogP contribution in [0.2, 0.25) is 0 Å². The summed E-state index contributed by atoms with van der Waals surface area (Å²) in [7, 11) is 0. The molecule has 36 heavy (non-hydrogen) atoms. The molecule has 3 unspecified atom stereocenters. The Morgan fingerprint density at radius 1 is 1.19 bits per heavy atom. The molecule has 3 aliphatic heterocycles. The number of aliphatic hydroxyl groups is 1. The van der Waals surface area contributed by atoms with Crippen LogP contribution in [0.5, 0.6) is 0 Å². The molecule has 0 saturated carbocycles. The smallest absolute Gasteiger partial charge is 0.248 e. The van der Waals surface area contributed by atoms with Crippen molar-refractivity contribution in [3.63, 3.8) is 0 Å². The Kier molecular flexibility index (Phi) is 7.09. The minimum Gasteiger partial charge on any atom is -0.394 e. The average Bonchev–Trinajstić information content (AvgIpc) is 3.47. The summed E-state index contributed by atoms with van der Waals surface area (Å²) in [6.07, 6.45) is 1.94. The first-order chi connectivity index (χ1) is 17.4. The monoisotopic (exact) mass is 573 g/mol. The predicted molar refractivity (Wildman–Crippen MR) is 146 cm³/mol. The van der Waals surface area contributed by atoms with E-state index in [1.165, 1.54) is 0 Å². The van der Waals surface area contributed by atoms with Crippen LogP contribution in [-0.4, -0.2) is 67.8 Å². The number of carbonyl (C=O) groups is 3. The molecular weight excluding hydrogens is 542 g/mol. The number of anilines is 1. The molecule has 192 valence electrons. The van der Waals surface area contributed by atoms with Crippen LogP contribution in [0.25, 0.3) is 10.8 Å². The molecule has 9 heteroatoms. The number of nitrogens with one attached hydrogen (secondary N) is 2. The number of fused-ring (bicyclic) bond motifs is 2. The molecule has 0 radical (unpaired) electrons. The molecule has 3 heterocycles. The van der Waals surface area contributed by atoms with Crippen LogP contribution in [0.15, 0.2) is 42.5 Å². The summed E-state index contributed by atoms with van der Waals surface area (Å²) in [6.45, 7) is 4.22. The van der Waals surface area contributed by atoms with E-state index in [2.05, 4.69) is 26.6 Å². The van der Waals surface area contributed by atoms with Gasteiger partial charge in [-0.15, -0.1) is 11.8 Å². The summed E-state index contributed by atoms with van der Waals surface area (Å²) in [5, 5.41) is 18.2. The SMILES string of the molecule is CCCNC(=O)[C@H]1[C@@H]2SC3(CC2Br)C(C(=O)Nc2ccc4ccccc4c2)N([C@@H](CC)CO)C(=O)[C@H]13. The first kappa shape index (κ1) is 25.5. The van der Waals surface area contributed by atoms with E-state index in [-0.39, 0.29) is 34.4 Å². The molecule has 3 N–H and O–H groups in total. The Balaban J connectivity index is 1.53. The number of aliphatic hydroxyl groups excluding tert-OH is 1. The van der Waals surface area contributed by atoms with Crippen LogP contribution in [-0.2, 0) is 14.4 Å². The quantitative estimate of drug-likeness (QED) is 0.419. The second kappa shape index (κ2) is 9.99. The Labute approximate surface area is 223 Å². The van der Waals surface area contributed by atoms with Crippen molar-refractivity contribution in [3.05, 3.63) is 42.5 Å². The topological polar surface area (TPSA) is 98.7 Å². The molecule has 0 aromatic heterocycles. The van der Waals surface area contributed by atoms with Gasteiger partial charge in [-0.3, -0.25) is 14.4 Å². The van der Waals surface area contributed by atoms with E-state index in [9.17, 15) is 19.5 Å². The van der Waals surface area contributed by atoms with E-state index in [0.717, 1.165) is 17.2 Å². The highest BCUT2D eigenvalue weighted by Crippen LogP contribution is 2.68. The number of benzene rings is 2. The number of halogens is 1. The third kappa shape index (κ3) is 3.94. The van der Waals surface area contributed by atoms with Gasteiger partial charge in [-0.2, -0.15) is 0 Å². The van der Waals surface area contributed by atoms with Crippen molar-refractivity contribution >= 4 is 61.9 Å². The fourth-order valence-electron chi connectivity index (χ4n) is 6.32. The highest BCUT2D eigenvalue weighted by atomic mass is 79.9. The van der Waals surface area contributed by atoms with Gasteiger partial charge in [-0.05, 0) is 42.2 Å². The lowest BCUT2D eigenvalue weighted by Gasteiger charge is -2.37. The first-order valence-corrected chi connectivity index (χ1v) is 14.5. The van der Waals surface area contributed by atoms with Gasteiger partial charge in [-0.1, -0.05) is 60.1 Å². The molecule has 2 bridgehead atoms. The van der Waals surface area contributed by atoms with Crippen molar-refractivity contribution in [1.82, 2.24) is 10.2 Å². The largest absolute Gasteiger partial charge is 0.394 e. The minimum absolute atomic E-state index is 0.0223. The molecule has 1 spiro atoms. The maximum absolute atomic E-state index is 14.0. The molecule has 2 aromatic rings. The zero-order valence-electron chi connectivity index (χ0n) is 20.4. The van der Waals surface area contributed by atoms with Crippen molar-refractivity contribution in [3.8, 4) is 0 Å². The summed E-state index contributed by atoms with van der Waals surface area (Å²) in [6, 6.07) is 12.4. The number of alkyl halides is 1. The number of hydrogen-bond acceptors (Lipinski definition) is 5. The maximum Gasteiger partial charge on any atom is 0.248 e. The number of hydrogen-bond donors (Lipinski definition) is 3. The highest BCUT2D eigenvalue weighted by molar-refractivity contribution is 9.09. The van der Waals surface area contributed by atoms with E-state index < -0.39 is 28.7 Å². The molecule has 3 amide bonds. The van der Waals surface area contributed by atoms with Gasteiger partial charge in [0.05, 0.1) is 29.2 Å². The van der Waals surface area contributed by atoms with Crippen LogP contribution in [0.4, 0.5) is 5.69 Å². The standard InChI is InChI=1S/C27H32BrN3O4S/c1-3-11-29-24(33)20-21-26(35)31(18(4-2)14-32)23(27(21)13-19(28)22(20)36-27)25(34)30-17-10-9-15-7-5-6-8-16(15)12-17/h5-10,12,18-23,32H,3-4,11,13-14H2,1-2H3,(H,29,33)(H,30,34)/t18-,19?,20+,21-,22+,23?,27?/m0/s1. The van der Waals surface area contributed by atoms with Gasteiger partial charge >= 0.3 is 0 Å². The van der Waals surface area contributed by atoms with Crippen molar-refractivity contribution < 1.29 is 19.5 Å². The molecular formula is C27H32BrN3O4S. The van der Waals surface area contributed by atoms with Crippen LogP contribution in [0.3, 0.4) is 0 Å². The van der Waals surface area contributed by atoms with E-state index in [4.69, 9.17) is 0 Å². The van der Waals surface area contributed by atoms with E-state index >= 15 is 0 Å².